The molecule has 0 aliphatic heterocycles. The van der Waals surface area contributed by atoms with Gasteiger partial charge in [0.2, 0.25) is 0 Å². The van der Waals surface area contributed by atoms with Crippen LogP contribution in [-0.4, -0.2) is 14.7 Å². The van der Waals surface area contributed by atoms with Gasteiger partial charge in [-0.1, -0.05) is 0 Å². The highest BCUT2D eigenvalue weighted by Gasteiger charge is 2.14. The van der Waals surface area contributed by atoms with Crippen molar-refractivity contribution < 1.29 is 12.8 Å². The Hall–Kier alpha value is -0.290. The van der Waals surface area contributed by atoms with E-state index >= 15 is 0 Å². The average Bonchev–Trinajstić information content (AvgIpc) is 2.08. The van der Waals surface area contributed by atoms with Gasteiger partial charge in [-0.2, -0.15) is 0 Å². The minimum atomic E-state index is -3.14. The maximum atomic E-state index is 11.0. The number of hydrogen-bond acceptors (Lipinski definition) is 3. The summed E-state index contributed by atoms with van der Waals surface area (Å²) >= 11 is 3.04. The molecular weight excluding hydrogens is 232 g/mol. The molecule has 0 spiro atoms. The van der Waals surface area contributed by atoms with Crippen LogP contribution in [0, 0.1) is 6.92 Å². The number of rotatable bonds is 1. The van der Waals surface area contributed by atoms with Crippen LogP contribution in [0.1, 0.15) is 5.76 Å². The Morgan fingerprint density at radius 1 is 1.55 bits per heavy atom. The first-order chi connectivity index (χ1) is 4.91. The van der Waals surface area contributed by atoms with E-state index in [-0.39, 0.29) is 4.90 Å². The topological polar surface area (TPSA) is 47.3 Å². The van der Waals surface area contributed by atoms with Gasteiger partial charge >= 0.3 is 0 Å². The van der Waals surface area contributed by atoms with Crippen LogP contribution in [0.2, 0.25) is 0 Å². The highest BCUT2D eigenvalue weighted by Crippen LogP contribution is 2.23. The van der Waals surface area contributed by atoms with E-state index in [1.54, 1.807) is 6.92 Å². The molecule has 1 aromatic heterocycles. The second-order valence-electron chi connectivity index (χ2n) is 2.24. The van der Waals surface area contributed by atoms with Crippen LogP contribution < -0.4 is 0 Å². The summed E-state index contributed by atoms with van der Waals surface area (Å²) in [5, 5.41) is 0. The summed E-state index contributed by atoms with van der Waals surface area (Å²) in [6.45, 7) is 1.61. The van der Waals surface area contributed by atoms with Gasteiger partial charge in [0.25, 0.3) is 0 Å². The van der Waals surface area contributed by atoms with Crippen molar-refractivity contribution in [1.29, 1.82) is 0 Å². The predicted octanol–water partition coefficient (Wildman–Crippen LogP) is 1.75. The fourth-order valence-corrected chi connectivity index (χ4v) is 2.31. The van der Waals surface area contributed by atoms with E-state index in [4.69, 9.17) is 4.42 Å². The van der Waals surface area contributed by atoms with Crippen molar-refractivity contribution >= 4 is 25.8 Å². The van der Waals surface area contributed by atoms with Crippen LogP contribution in [0.4, 0.5) is 0 Å². The van der Waals surface area contributed by atoms with Gasteiger partial charge in [-0.05, 0) is 22.9 Å². The molecule has 0 aliphatic rings. The standard InChI is InChI=1S/C6H7BrO3S/c1-4-5(11(2,8)9)3-6(7)10-4/h3H,1-2H3. The Morgan fingerprint density at radius 3 is 2.27 bits per heavy atom. The minimum Gasteiger partial charge on any atom is -0.453 e. The lowest BCUT2D eigenvalue weighted by Gasteiger charge is -1.90. The fraction of sp³-hybridized carbons (Fsp3) is 0.333. The first kappa shape index (κ1) is 8.80. The van der Waals surface area contributed by atoms with Crippen LogP contribution in [0.25, 0.3) is 0 Å². The van der Waals surface area contributed by atoms with Crippen LogP contribution in [0.5, 0.6) is 0 Å². The Kier molecular flexibility index (Phi) is 2.11. The maximum absolute atomic E-state index is 11.0. The van der Waals surface area contributed by atoms with E-state index in [0.717, 1.165) is 6.26 Å². The predicted molar refractivity (Wildman–Crippen MR) is 44.3 cm³/mol. The Labute approximate surface area is 73.4 Å². The molecule has 62 valence electrons. The molecule has 5 heteroatoms. The molecule has 11 heavy (non-hydrogen) atoms. The number of halogens is 1. The van der Waals surface area contributed by atoms with E-state index in [1.807, 2.05) is 0 Å². The highest BCUT2D eigenvalue weighted by atomic mass is 79.9. The number of furan rings is 1. The third kappa shape index (κ3) is 1.84. The lowest BCUT2D eigenvalue weighted by Crippen LogP contribution is -1.96. The van der Waals surface area contributed by atoms with E-state index in [2.05, 4.69) is 15.9 Å². The third-order valence-electron chi connectivity index (χ3n) is 1.24. The van der Waals surface area contributed by atoms with Gasteiger partial charge in [-0.3, -0.25) is 0 Å². The molecule has 0 saturated heterocycles. The number of aryl methyl sites for hydroxylation is 1. The average molecular weight is 239 g/mol. The number of sulfone groups is 1. The molecule has 0 amide bonds. The summed E-state index contributed by atoms with van der Waals surface area (Å²) in [7, 11) is -3.14. The maximum Gasteiger partial charge on any atom is 0.179 e. The quantitative estimate of drug-likeness (QED) is 0.750. The molecule has 0 bridgehead atoms. The zero-order valence-corrected chi connectivity index (χ0v) is 8.49. The molecule has 3 nitrogen and oxygen atoms in total. The summed E-state index contributed by atoms with van der Waals surface area (Å²) in [5.74, 6) is 0.416. The van der Waals surface area contributed by atoms with Gasteiger partial charge in [0.05, 0.1) is 0 Å². The third-order valence-corrected chi connectivity index (χ3v) is 2.84. The van der Waals surface area contributed by atoms with E-state index in [0.29, 0.717) is 10.4 Å². The molecule has 1 aromatic rings. The van der Waals surface area contributed by atoms with Crippen molar-refractivity contribution in [2.75, 3.05) is 6.26 Å². The van der Waals surface area contributed by atoms with Crippen molar-refractivity contribution in [2.24, 2.45) is 0 Å². The van der Waals surface area contributed by atoms with Gasteiger partial charge in [0.15, 0.2) is 14.5 Å². The smallest absolute Gasteiger partial charge is 0.179 e. The summed E-state index contributed by atoms with van der Waals surface area (Å²) in [5.41, 5.74) is 0. The lowest BCUT2D eigenvalue weighted by molar-refractivity contribution is 0.501. The van der Waals surface area contributed by atoms with Crippen molar-refractivity contribution in [1.82, 2.24) is 0 Å². The molecule has 1 rings (SSSR count). The Bertz CT molecular complexity index is 363. The molecule has 0 aliphatic carbocycles. The van der Waals surface area contributed by atoms with Crippen molar-refractivity contribution in [3.63, 3.8) is 0 Å². The van der Waals surface area contributed by atoms with Gasteiger partial charge < -0.3 is 4.42 Å². The van der Waals surface area contributed by atoms with E-state index in [1.165, 1.54) is 6.07 Å². The van der Waals surface area contributed by atoms with Crippen LogP contribution in [0.15, 0.2) is 20.0 Å². The normalized spacial score (nSPS) is 11.9. The summed E-state index contributed by atoms with van der Waals surface area (Å²) in [4.78, 5) is 0.240. The summed E-state index contributed by atoms with van der Waals surface area (Å²) in [6, 6.07) is 1.45. The van der Waals surface area contributed by atoms with Crippen LogP contribution in [-0.2, 0) is 9.84 Å². The van der Waals surface area contributed by atoms with Crippen molar-refractivity contribution in [3.05, 3.63) is 16.5 Å². The van der Waals surface area contributed by atoms with Gasteiger partial charge in [-0.25, -0.2) is 8.42 Å². The molecule has 0 radical (unpaired) electrons. The Morgan fingerprint density at radius 2 is 2.09 bits per heavy atom. The highest BCUT2D eigenvalue weighted by molar-refractivity contribution is 9.10. The largest absolute Gasteiger partial charge is 0.453 e. The number of hydrogen-bond donors (Lipinski definition) is 0. The van der Waals surface area contributed by atoms with Gasteiger partial charge in [0, 0.05) is 12.3 Å². The van der Waals surface area contributed by atoms with Gasteiger partial charge in [-0.15, -0.1) is 0 Å². The first-order valence-electron chi connectivity index (χ1n) is 2.87. The molecule has 0 saturated carbocycles. The second kappa shape index (κ2) is 2.64. The van der Waals surface area contributed by atoms with Crippen molar-refractivity contribution in [3.8, 4) is 0 Å². The van der Waals surface area contributed by atoms with Gasteiger partial charge in [0.1, 0.15) is 10.7 Å². The molecule has 1 heterocycles. The van der Waals surface area contributed by atoms with Crippen molar-refractivity contribution in [2.45, 2.75) is 11.8 Å². The summed E-state index contributed by atoms with van der Waals surface area (Å²) in [6.07, 6.45) is 1.15. The zero-order valence-electron chi connectivity index (χ0n) is 6.09. The Balaban J connectivity index is 3.36. The molecule has 0 aromatic carbocycles. The van der Waals surface area contributed by atoms with Crippen LogP contribution in [0.3, 0.4) is 0 Å². The van der Waals surface area contributed by atoms with E-state index < -0.39 is 9.84 Å². The molecule has 0 atom stereocenters. The van der Waals surface area contributed by atoms with Crippen LogP contribution >= 0.6 is 15.9 Å². The monoisotopic (exact) mass is 238 g/mol. The minimum absolute atomic E-state index is 0.240. The SMILES string of the molecule is Cc1oc(Br)cc1S(C)(=O)=O. The lowest BCUT2D eigenvalue weighted by atomic mass is 10.5. The molecule has 0 N–H and O–H groups in total. The molecular formula is C6H7BrO3S. The first-order valence-corrected chi connectivity index (χ1v) is 5.55. The molecule has 0 unspecified atom stereocenters. The molecule has 0 fully saturated rings. The fourth-order valence-electron chi connectivity index (χ4n) is 0.799. The summed E-state index contributed by atoms with van der Waals surface area (Å²) < 4.78 is 27.4. The van der Waals surface area contributed by atoms with E-state index in [9.17, 15) is 8.42 Å². The zero-order chi connectivity index (χ0) is 8.65. The second-order valence-corrected chi connectivity index (χ2v) is 5.01.